The monoisotopic (exact) mass is 363 g/mol. The van der Waals surface area contributed by atoms with Crippen LogP contribution in [0.25, 0.3) is 0 Å². The van der Waals surface area contributed by atoms with Crippen LogP contribution in [0.4, 0.5) is 4.79 Å². The summed E-state index contributed by atoms with van der Waals surface area (Å²) in [5, 5.41) is 11.9. The molecule has 0 saturated carbocycles. The first-order valence-electron chi connectivity index (χ1n) is 8.73. The summed E-state index contributed by atoms with van der Waals surface area (Å²) in [5.41, 5.74) is 1.75. The Hall–Kier alpha value is -3.33. The minimum Gasteiger partial charge on any atom is -0.496 e. The van der Waals surface area contributed by atoms with Crippen LogP contribution in [0.3, 0.4) is 0 Å². The Morgan fingerprint density at radius 2 is 2.00 bits per heavy atom. The van der Waals surface area contributed by atoms with Gasteiger partial charge in [0.15, 0.2) is 0 Å². The van der Waals surface area contributed by atoms with Crippen molar-refractivity contribution in [3.63, 3.8) is 0 Å². The lowest BCUT2D eigenvalue weighted by molar-refractivity contribution is -0.132. The number of methoxy groups -OCH3 is 1. The molecule has 27 heavy (non-hydrogen) atoms. The van der Waals surface area contributed by atoms with E-state index in [1.807, 2.05) is 26.0 Å². The highest BCUT2D eigenvalue weighted by atomic mass is 16.5. The van der Waals surface area contributed by atoms with Crippen molar-refractivity contribution in [2.45, 2.75) is 32.4 Å². The number of imide groups is 1. The average Bonchev–Trinajstić information content (AvgIpc) is 2.93. The van der Waals surface area contributed by atoms with Gasteiger partial charge in [0.1, 0.15) is 11.3 Å². The van der Waals surface area contributed by atoms with E-state index < -0.39 is 11.6 Å². The smallest absolute Gasteiger partial charge is 0.325 e. The molecule has 2 aromatic carbocycles. The Bertz CT molecular complexity index is 948. The van der Waals surface area contributed by atoms with Crippen molar-refractivity contribution >= 4 is 11.9 Å². The van der Waals surface area contributed by atoms with E-state index in [9.17, 15) is 9.59 Å². The zero-order valence-corrected chi connectivity index (χ0v) is 15.6. The van der Waals surface area contributed by atoms with E-state index >= 15 is 0 Å². The van der Waals surface area contributed by atoms with E-state index in [0.717, 1.165) is 22.4 Å². The van der Waals surface area contributed by atoms with Gasteiger partial charge in [-0.25, -0.2) is 4.79 Å². The molecule has 1 fully saturated rings. The Balaban J connectivity index is 1.95. The molecule has 1 aliphatic rings. The van der Waals surface area contributed by atoms with Crippen molar-refractivity contribution in [1.82, 2.24) is 10.2 Å². The molecule has 1 unspecified atom stereocenters. The molecular formula is C21H21N3O3. The van der Waals surface area contributed by atoms with Crippen LogP contribution < -0.4 is 10.1 Å². The third-order valence-corrected chi connectivity index (χ3v) is 4.99. The zero-order chi connectivity index (χ0) is 19.6. The number of aryl methyl sites for hydroxylation is 1. The highest BCUT2D eigenvalue weighted by Crippen LogP contribution is 2.35. The van der Waals surface area contributed by atoms with Crippen LogP contribution in [0, 0.1) is 18.3 Å². The normalized spacial score (nSPS) is 19.0. The molecule has 3 rings (SSSR count). The molecule has 1 atom stereocenters. The maximum Gasteiger partial charge on any atom is 0.325 e. The number of carbonyl (C=O) groups excluding carboxylic acids is 2. The molecule has 0 radical (unpaired) electrons. The first-order chi connectivity index (χ1) is 12.9. The van der Waals surface area contributed by atoms with Crippen molar-refractivity contribution in [2.24, 2.45) is 0 Å². The topological polar surface area (TPSA) is 82.4 Å². The van der Waals surface area contributed by atoms with Crippen molar-refractivity contribution in [1.29, 1.82) is 5.26 Å². The van der Waals surface area contributed by atoms with Crippen molar-refractivity contribution in [2.75, 3.05) is 7.11 Å². The van der Waals surface area contributed by atoms with Crippen LogP contribution >= 0.6 is 0 Å². The van der Waals surface area contributed by atoms with Gasteiger partial charge in [-0.3, -0.25) is 9.69 Å². The third-order valence-electron chi connectivity index (χ3n) is 4.99. The molecular weight excluding hydrogens is 342 g/mol. The molecule has 1 N–H and O–H groups in total. The predicted octanol–water partition coefficient (Wildman–Crippen LogP) is 3.23. The molecule has 6 heteroatoms. The van der Waals surface area contributed by atoms with Gasteiger partial charge in [0, 0.05) is 0 Å². The van der Waals surface area contributed by atoms with Gasteiger partial charge in [-0.2, -0.15) is 5.26 Å². The summed E-state index contributed by atoms with van der Waals surface area (Å²) < 4.78 is 5.29. The van der Waals surface area contributed by atoms with Crippen LogP contribution in [0.2, 0.25) is 0 Å². The van der Waals surface area contributed by atoms with Crippen LogP contribution in [0.1, 0.15) is 35.6 Å². The maximum absolute atomic E-state index is 13.2. The Morgan fingerprint density at radius 3 is 2.63 bits per heavy atom. The first-order valence-corrected chi connectivity index (χ1v) is 8.73. The number of urea groups is 1. The van der Waals surface area contributed by atoms with Gasteiger partial charge < -0.3 is 10.1 Å². The number of nitriles is 1. The van der Waals surface area contributed by atoms with E-state index in [1.165, 1.54) is 4.90 Å². The molecule has 1 saturated heterocycles. The molecule has 0 bridgehead atoms. The minimum absolute atomic E-state index is 0.122. The molecule has 0 aliphatic carbocycles. The number of nitrogens with zero attached hydrogens (tertiary/aromatic N) is 2. The lowest BCUT2D eigenvalue weighted by Crippen LogP contribution is -2.43. The van der Waals surface area contributed by atoms with Crippen molar-refractivity contribution in [3.8, 4) is 11.8 Å². The second-order valence-corrected chi connectivity index (χ2v) is 6.58. The molecule has 0 aromatic heterocycles. The molecule has 138 valence electrons. The van der Waals surface area contributed by atoms with Gasteiger partial charge in [0.25, 0.3) is 5.91 Å². The number of amides is 3. The van der Waals surface area contributed by atoms with E-state index in [0.29, 0.717) is 12.0 Å². The molecule has 1 heterocycles. The third kappa shape index (κ3) is 3.13. The fraction of sp³-hybridized carbons (Fsp3) is 0.286. The largest absolute Gasteiger partial charge is 0.496 e. The number of benzene rings is 2. The number of hydrogen-bond donors (Lipinski definition) is 1. The van der Waals surface area contributed by atoms with Crippen LogP contribution in [0.15, 0.2) is 42.5 Å². The van der Waals surface area contributed by atoms with Gasteiger partial charge in [-0.1, -0.05) is 25.1 Å². The number of nitrogens with one attached hydrogen (secondary N) is 1. The van der Waals surface area contributed by atoms with Gasteiger partial charge in [-0.15, -0.1) is 0 Å². The highest BCUT2D eigenvalue weighted by molar-refractivity contribution is 6.07. The summed E-state index contributed by atoms with van der Waals surface area (Å²) >= 11 is 0. The van der Waals surface area contributed by atoms with Gasteiger partial charge in [-0.05, 0) is 54.3 Å². The van der Waals surface area contributed by atoms with Crippen LogP contribution in [-0.2, 0) is 16.9 Å². The van der Waals surface area contributed by atoms with Crippen molar-refractivity contribution in [3.05, 3.63) is 64.7 Å². The number of rotatable bonds is 5. The summed E-state index contributed by atoms with van der Waals surface area (Å²) in [6.45, 7) is 3.90. The maximum atomic E-state index is 13.2. The van der Waals surface area contributed by atoms with Gasteiger partial charge in [0.05, 0.1) is 25.3 Å². The van der Waals surface area contributed by atoms with E-state index in [4.69, 9.17) is 10.00 Å². The van der Waals surface area contributed by atoms with Gasteiger partial charge in [0.2, 0.25) is 0 Å². The highest BCUT2D eigenvalue weighted by Gasteiger charge is 2.51. The molecule has 2 aromatic rings. The lowest BCUT2D eigenvalue weighted by atomic mass is 9.86. The first kappa shape index (κ1) is 18.5. The molecule has 0 spiro atoms. The summed E-state index contributed by atoms with van der Waals surface area (Å²) in [6.07, 6.45) is 0.429. The molecule has 3 amide bonds. The van der Waals surface area contributed by atoms with Crippen LogP contribution in [0.5, 0.6) is 5.75 Å². The Labute approximate surface area is 158 Å². The summed E-state index contributed by atoms with van der Waals surface area (Å²) in [6, 6.07) is 14.0. The number of hydrogen-bond acceptors (Lipinski definition) is 4. The zero-order valence-electron chi connectivity index (χ0n) is 15.6. The van der Waals surface area contributed by atoms with Gasteiger partial charge >= 0.3 is 6.03 Å². The summed E-state index contributed by atoms with van der Waals surface area (Å²) in [5.74, 6) is 0.439. The van der Waals surface area contributed by atoms with Crippen LogP contribution in [-0.4, -0.2) is 23.9 Å². The number of ether oxygens (including phenoxy) is 1. The second-order valence-electron chi connectivity index (χ2n) is 6.58. The Morgan fingerprint density at radius 1 is 1.22 bits per heavy atom. The Kier molecular flexibility index (Phi) is 4.87. The molecule has 1 aliphatic heterocycles. The van der Waals surface area contributed by atoms with Crippen molar-refractivity contribution < 1.29 is 14.3 Å². The number of carbonyl (C=O) groups is 2. The predicted molar refractivity (Wildman–Crippen MR) is 99.9 cm³/mol. The standard InChI is InChI=1S/C21H21N3O3/c1-4-21(17-8-9-18(27-3)14(2)10-17)19(25)24(20(26)23-21)13-16-7-5-6-15(11-16)12-22/h5-11H,4,13H2,1-3H3,(H,23,26). The fourth-order valence-corrected chi connectivity index (χ4v) is 3.47. The van der Waals surface area contributed by atoms with E-state index in [1.54, 1.807) is 37.4 Å². The lowest BCUT2D eigenvalue weighted by Gasteiger charge is -2.26. The molecule has 6 nitrogen and oxygen atoms in total. The SMILES string of the molecule is CCC1(c2ccc(OC)c(C)c2)NC(=O)N(Cc2cccc(C#N)c2)C1=O. The minimum atomic E-state index is -1.10. The average molecular weight is 363 g/mol. The quantitative estimate of drug-likeness (QED) is 0.827. The van der Waals surface area contributed by atoms with E-state index in [2.05, 4.69) is 11.4 Å². The fourth-order valence-electron chi connectivity index (χ4n) is 3.47. The van der Waals surface area contributed by atoms with E-state index in [-0.39, 0.29) is 12.5 Å². The summed E-state index contributed by atoms with van der Waals surface area (Å²) in [7, 11) is 1.59. The summed E-state index contributed by atoms with van der Waals surface area (Å²) in [4.78, 5) is 27.1. The second kappa shape index (κ2) is 7.12.